The third-order valence-electron chi connectivity index (χ3n) is 12.4. The Kier molecular flexibility index (Phi) is 14.7. The van der Waals surface area contributed by atoms with Gasteiger partial charge in [-0.05, 0) is 111 Å². The number of amides is 1. The zero-order valence-electron chi connectivity index (χ0n) is 37.3. The lowest BCUT2D eigenvalue weighted by molar-refractivity contribution is -0.384. The van der Waals surface area contributed by atoms with Gasteiger partial charge in [-0.1, -0.05) is 78.7 Å². The maximum Gasteiger partial charge on any atom is 0.410 e. The largest absolute Gasteiger partial charge is 0.459 e. The van der Waals surface area contributed by atoms with Gasteiger partial charge in [0.25, 0.3) is 5.69 Å². The maximum absolute atomic E-state index is 14.7. The minimum atomic E-state index is -1.51. The minimum Gasteiger partial charge on any atom is -0.459 e. The lowest BCUT2D eigenvalue weighted by Gasteiger charge is -2.60. The van der Waals surface area contributed by atoms with Crippen LogP contribution in [-0.4, -0.2) is 75.7 Å². The summed E-state index contributed by atoms with van der Waals surface area (Å²) in [6.45, 7) is 12.2. The topological polar surface area (TPSA) is 162 Å². The first-order valence-corrected chi connectivity index (χ1v) is 22.5. The Morgan fingerprint density at radius 2 is 1.72 bits per heavy atom. The third-order valence-corrected chi connectivity index (χ3v) is 12.4. The van der Waals surface area contributed by atoms with Crippen molar-refractivity contribution < 1.29 is 43.7 Å². The number of fused-ring (bicyclic) bond motifs is 3. The molecule has 1 amide bonds. The van der Waals surface area contributed by atoms with Crippen LogP contribution in [0.5, 0.6) is 17.2 Å². The SMILES string of the molecule is C=CCOC12Oc3ccc(Oc4cccc([N+](=O)[O-])c4)cc3C3C(CCCCO)C(CCCCO)C=C(C(=NOC(C)(C)C)CC1N(Cc1cccc4ccccc14)C(=O)OCC)C32. The number of allylic oxidation sites excluding steroid dienone is 1. The second-order valence-electron chi connectivity index (χ2n) is 17.8. The van der Waals surface area contributed by atoms with Crippen LogP contribution in [0.25, 0.3) is 10.8 Å². The van der Waals surface area contributed by atoms with Crippen molar-refractivity contribution >= 4 is 28.3 Å². The number of nitro benzene ring substituents is 1. The highest BCUT2D eigenvalue weighted by Crippen LogP contribution is 2.62. The average molecular weight is 876 g/mol. The summed E-state index contributed by atoms with van der Waals surface area (Å²) in [5.74, 6) is -1.08. The monoisotopic (exact) mass is 875 g/mol. The van der Waals surface area contributed by atoms with Gasteiger partial charge in [0.05, 0.1) is 42.4 Å². The number of non-ortho nitro benzene ring substituents is 1. The first-order chi connectivity index (χ1) is 30.9. The van der Waals surface area contributed by atoms with Gasteiger partial charge in [-0.3, -0.25) is 15.0 Å². The summed E-state index contributed by atoms with van der Waals surface area (Å²) >= 11 is 0. The van der Waals surface area contributed by atoms with Crippen molar-refractivity contribution in [1.29, 1.82) is 0 Å². The van der Waals surface area contributed by atoms with Crippen molar-refractivity contribution in [2.24, 2.45) is 22.9 Å². The molecule has 1 fully saturated rings. The lowest BCUT2D eigenvalue weighted by Crippen LogP contribution is -2.70. The fourth-order valence-corrected chi connectivity index (χ4v) is 9.82. The average Bonchev–Trinajstić information content (AvgIpc) is 3.28. The zero-order valence-corrected chi connectivity index (χ0v) is 37.3. The molecular weight excluding hydrogens is 815 g/mol. The van der Waals surface area contributed by atoms with E-state index in [1.165, 1.54) is 12.1 Å². The van der Waals surface area contributed by atoms with Gasteiger partial charge in [0.15, 0.2) is 0 Å². The number of hydrogen-bond donors (Lipinski definition) is 2. The van der Waals surface area contributed by atoms with Gasteiger partial charge in [-0.25, -0.2) is 4.79 Å². The van der Waals surface area contributed by atoms with E-state index in [4.69, 9.17) is 28.9 Å². The van der Waals surface area contributed by atoms with Gasteiger partial charge < -0.3 is 34.0 Å². The Balaban J connectivity index is 1.48. The summed E-state index contributed by atoms with van der Waals surface area (Å²) in [7, 11) is 0. The molecule has 0 bridgehead atoms. The summed E-state index contributed by atoms with van der Waals surface area (Å²) in [6, 6.07) is 25.0. The van der Waals surface area contributed by atoms with Crippen molar-refractivity contribution in [2.45, 2.75) is 103 Å². The van der Waals surface area contributed by atoms with E-state index in [0.717, 1.165) is 53.2 Å². The molecule has 0 aromatic heterocycles. The number of rotatable bonds is 19. The molecule has 1 heterocycles. The van der Waals surface area contributed by atoms with Gasteiger partial charge in [0, 0.05) is 37.2 Å². The fraction of sp³-hybridized carbons (Fsp3) is 0.451. The maximum atomic E-state index is 14.7. The number of carbonyl (C=O) groups excluding carboxylic acids is 1. The fourth-order valence-electron chi connectivity index (χ4n) is 9.82. The molecule has 1 aliphatic heterocycles. The van der Waals surface area contributed by atoms with E-state index in [0.29, 0.717) is 35.8 Å². The van der Waals surface area contributed by atoms with Gasteiger partial charge in [-0.2, -0.15) is 0 Å². The molecule has 2 N–H and O–H groups in total. The summed E-state index contributed by atoms with van der Waals surface area (Å²) in [6.07, 6.45) is 7.97. The van der Waals surface area contributed by atoms with Crippen molar-refractivity contribution in [2.75, 3.05) is 26.4 Å². The van der Waals surface area contributed by atoms with Gasteiger partial charge in [-0.15, -0.1) is 6.58 Å². The molecule has 64 heavy (non-hydrogen) atoms. The normalized spacial score (nSPS) is 23.0. The summed E-state index contributed by atoms with van der Waals surface area (Å²) in [5.41, 5.74) is 2.60. The second-order valence-corrected chi connectivity index (χ2v) is 17.8. The Hall–Kier alpha value is -5.76. The van der Waals surface area contributed by atoms with E-state index >= 15 is 0 Å². The molecule has 2 aliphatic carbocycles. The van der Waals surface area contributed by atoms with Crippen LogP contribution in [0, 0.1) is 27.9 Å². The van der Waals surface area contributed by atoms with E-state index in [9.17, 15) is 25.1 Å². The molecule has 7 rings (SSSR count). The van der Waals surface area contributed by atoms with E-state index in [2.05, 4.69) is 18.7 Å². The molecule has 6 atom stereocenters. The Morgan fingerprint density at radius 1 is 0.984 bits per heavy atom. The summed E-state index contributed by atoms with van der Waals surface area (Å²) < 4.78 is 26.8. The smallest absolute Gasteiger partial charge is 0.410 e. The Labute approximate surface area is 375 Å². The van der Waals surface area contributed by atoms with Crippen molar-refractivity contribution in [3.63, 3.8) is 0 Å². The Morgan fingerprint density at radius 3 is 2.45 bits per heavy atom. The quantitative estimate of drug-likeness (QED) is 0.0401. The van der Waals surface area contributed by atoms with Gasteiger partial charge in [0.1, 0.15) is 28.9 Å². The summed E-state index contributed by atoms with van der Waals surface area (Å²) in [4.78, 5) is 33.9. The van der Waals surface area contributed by atoms with Gasteiger partial charge >= 0.3 is 6.09 Å². The molecule has 0 radical (unpaired) electrons. The standard InChI is InChI=1S/C51H61N3O10/c1-6-28-61-51-46(53(49(57)60-7-2)33-36-19-14-18-34-16-8-9-22-40(34)36)32-44(52-64-50(3,4)5)42-29-35(17-10-12-26-55)41(23-11-13-27-56)47(48(42)51)43-31-39(24-25-45(43)63-51)62-38-21-15-20-37(30-38)54(58)59/h6,8-9,14-16,18-22,24-25,29-31,35,41,46-48,55-56H,1,7,10-13,17,23,26-28,32-33H2,2-5H3. The van der Waals surface area contributed by atoms with Crippen LogP contribution < -0.4 is 9.47 Å². The molecule has 0 saturated heterocycles. The molecule has 4 aromatic rings. The predicted molar refractivity (Wildman–Crippen MR) is 245 cm³/mol. The third kappa shape index (κ3) is 9.96. The molecule has 13 nitrogen and oxygen atoms in total. The molecule has 6 unspecified atom stereocenters. The molecular formula is C51H61N3O10. The van der Waals surface area contributed by atoms with E-state index in [-0.39, 0.29) is 62.8 Å². The van der Waals surface area contributed by atoms with Crippen LogP contribution >= 0.6 is 0 Å². The molecule has 0 spiro atoms. The first-order valence-electron chi connectivity index (χ1n) is 22.5. The van der Waals surface area contributed by atoms with Crippen molar-refractivity contribution in [3.05, 3.63) is 130 Å². The Bertz CT molecular complexity index is 2350. The summed E-state index contributed by atoms with van der Waals surface area (Å²) in [5, 5.41) is 38.6. The van der Waals surface area contributed by atoms with Crippen molar-refractivity contribution in [3.8, 4) is 17.2 Å². The number of aliphatic hydroxyl groups excluding tert-OH is 2. The molecule has 1 saturated carbocycles. The highest BCUT2D eigenvalue weighted by atomic mass is 16.7. The van der Waals surface area contributed by atoms with Crippen molar-refractivity contribution in [1.82, 2.24) is 4.90 Å². The number of carbonyl (C=O) groups is 1. The van der Waals surface area contributed by atoms with Crippen LogP contribution in [-0.2, 0) is 20.9 Å². The number of hydrogen-bond acceptors (Lipinski definition) is 11. The van der Waals surface area contributed by atoms with E-state index in [1.807, 2.05) is 69.3 Å². The van der Waals surface area contributed by atoms with Crippen LogP contribution in [0.4, 0.5) is 10.5 Å². The van der Waals surface area contributed by atoms with Crippen LogP contribution in [0.2, 0.25) is 0 Å². The molecule has 13 heteroatoms. The number of ether oxygens (including phenoxy) is 4. The van der Waals surface area contributed by atoms with Crippen LogP contribution in [0.15, 0.2) is 114 Å². The van der Waals surface area contributed by atoms with Crippen LogP contribution in [0.3, 0.4) is 0 Å². The molecule has 340 valence electrons. The predicted octanol–water partition coefficient (Wildman–Crippen LogP) is 10.6. The lowest BCUT2D eigenvalue weighted by atomic mass is 9.55. The highest BCUT2D eigenvalue weighted by Gasteiger charge is 2.65. The van der Waals surface area contributed by atoms with E-state index in [1.54, 1.807) is 36.1 Å². The minimum absolute atomic E-state index is 0.0131. The van der Waals surface area contributed by atoms with E-state index < -0.39 is 34.4 Å². The second kappa shape index (κ2) is 20.4. The number of aliphatic hydroxyl groups is 2. The highest BCUT2D eigenvalue weighted by molar-refractivity contribution is 6.03. The first kappa shape index (κ1) is 46.2. The number of benzene rings is 4. The van der Waals surface area contributed by atoms with Crippen LogP contribution in [0.1, 0.15) is 89.7 Å². The number of nitro groups is 1. The zero-order chi connectivity index (χ0) is 45.4. The molecule has 4 aromatic carbocycles. The van der Waals surface area contributed by atoms with Gasteiger partial charge in [0.2, 0.25) is 5.79 Å². The number of oxime groups is 1. The number of unbranched alkanes of at least 4 members (excludes halogenated alkanes) is 2. The molecule has 3 aliphatic rings. The number of nitrogens with zero attached hydrogens (tertiary/aromatic N) is 3.